The van der Waals surface area contributed by atoms with Gasteiger partial charge in [-0.3, -0.25) is 4.79 Å². The fraction of sp³-hybridized carbons (Fsp3) is 0.300. The number of amides is 1. The molecule has 0 aliphatic heterocycles. The second kappa shape index (κ2) is 6.47. The highest BCUT2D eigenvalue weighted by atomic mass is 19.1. The zero-order chi connectivity index (χ0) is 19.1. The third-order valence-electron chi connectivity index (χ3n) is 4.62. The molecule has 1 aliphatic rings. The highest BCUT2D eigenvalue weighted by Gasteiger charge is 2.29. The van der Waals surface area contributed by atoms with Crippen molar-refractivity contribution in [2.75, 3.05) is 5.32 Å². The van der Waals surface area contributed by atoms with E-state index in [0.29, 0.717) is 34.0 Å². The molecule has 7 heteroatoms. The monoisotopic (exact) mass is 364 g/mol. The minimum Gasteiger partial charge on any atom is -0.335 e. The van der Waals surface area contributed by atoms with Gasteiger partial charge in [0.2, 0.25) is 0 Å². The van der Waals surface area contributed by atoms with Gasteiger partial charge < -0.3 is 9.84 Å². The minimum absolute atomic E-state index is 0.0578. The molecule has 27 heavy (non-hydrogen) atoms. The van der Waals surface area contributed by atoms with E-state index in [1.807, 2.05) is 13.8 Å². The molecule has 0 radical (unpaired) electrons. The molecule has 6 nitrogen and oxygen atoms in total. The lowest BCUT2D eigenvalue weighted by Gasteiger charge is -2.09. The van der Waals surface area contributed by atoms with Crippen LogP contribution in [-0.2, 0) is 0 Å². The largest absolute Gasteiger partial charge is 0.335 e. The number of rotatable bonds is 4. The number of benzene rings is 1. The third kappa shape index (κ3) is 3.14. The lowest BCUT2D eigenvalue weighted by Crippen LogP contribution is -2.14. The highest BCUT2D eigenvalue weighted by molar-refractivity contribution is 6.12. The smallest absolute Gasteiger partial charge is 0.259 e. The molecule has 3 aromatic rings. The lowest BCUT2D eigenvalue weighted by molar-refractivity contribution is 0.102. The van der Waals surface area contributed by atoms with E-state index in [1.165, 1.54) is 12.1 Å². The molecule has 2 heterocycles. The van der Waals surface area contributed by atoms with Gasteiger partial charge in [-0.25, -0.2) is 9.37 Å². The number of hydrogen-bond acceptors (Lipinski definition) is 5. The fourth-order valence-corrected chi connectivity index (χ4v) is 3.04. The normalized spacial score (nSPS) is 13.7. The van der Waals surface area contributed by atoms with Crippen LogP contribution in [0.25, 0.3) is 11.1 Å². The molecule has 0 saturated heterocycles. The number of anilines is 1. The van der Waals surface area contributed by atoms with Crippen molar-refractivity contribution in [2.45, 2.75) is 38.5 Å². The van der Waals surface area contributed by atoms with Crippen LogP contribution in [-0.4, -0.2) is 16.0 Å². The Morgan fingerprint density at radius 3 is 2.81 bits per heavy atom. The number of aromatic nitrogens is 2. The Kier molecular flexibility index (Phi) is 4.11. The molecule has 2 aromatic heterocycles. The first-order chi connectivity index (χ1) is 13.0. The molecule has 1 aliphatic carbocycles. The number of pyridine rings is 1. The zero-order valence-electron chi connectivity index (χ0n) is 14.9. The number of halogens is 1. The Bertz CT molecular complexity index is 1090. The van der Waals surface area contributed by atoms with E-state index in [0.717, 1.165) is 24.6 Å². The van der Waals surface area contributed by atoms with Crippen LogP contribution >= 0.6 is 0 Å². The summed E-state index contributed by atoms with van der Waals surface area (Å²) >= 11 is 0. The van der Waals surface area contributed by atoms with Gasteiger partial charge in [-0.1, -0.05) is 19.0 Å². The first-order valence-corrected chi connectivity index (χ1v) is 8.79. The van der Waals surface area contributed by atoms with Crippen molar-refractivity contribution >= 4 is 22.7 Å². The predicted octanol–water partition coefficient (Wildman–Crippen LogP) is 4.49. The Hall–Kier alpha value is -3.27. The van der Waals surface area contributed by atoms with Gasteiger partial charge in [-0.15, -0.1) is 0 Å². The van der Waals surface area contributed by atoms with E-state index in [4.69, 9.17) is 9.78 Å². The fourth-order valence-electron chi connectivity index (χ4n) is 3.04. The Morgan fingerprint density at radius 1 is 1.37 bits per heavy atom. The molecule has 1 N–H and O–H groups in total. The Labute approximate surface area is 155 Å². The summed E-state index contributed by atoms with van der Waals surface area (Å²) in [5.41, 5.74) is 2.48. The van der Waals surface area contributed by atoms with Crippen LogP contribution in [0.2, 0.25) is 0 Å². The summed E-state index contributed by atoms with van der Waals surface area (Å²) in [6.45, 7) is 3.93. The number of nitrogens with zero attached hydrogens (tertiary/aromatic N) is 3. The van der Waals surface area contributed by atoms with Crippen molar-refractivity contribution in [1.29, 1.82) is 5.26 Å². The van der Waals surface area contributed by atoms with Crippen molar-refractivity contribution in [3.05, 3.63) is 52.6 Å². The number of carbonyl (C=O) groups excluding carboxylic acids is 1. The quantitative estimate of drug-likeness (QED) is 0.736. The van der Waals surface area contributed by atoms with E-state index in [-0.39, 0.29) is 17.4 Å². The SMILES string of the molecule is CC(C)c1noc2nc(C3CC3)cc(C(=O)Nc3ccc(F)c(C#N)c3)c12. The molecule has 0 bridgehead atoms. The Morgan fingerprint density at radius 2 is 2.15 bits per heavy atom. The summed E-state index contributed by atoms with van der Waals surface area (Å²) in [4.78, 5) is 17.5. The van der Waals surface area contributed by atoms with Gasteiger partial charge in [0.05, 0.1) is 22.2 Å². The first kappa shape index (κ1) is 17.2. The van der Waals surface area contributed by atoms with E-state index in [9.17, 15) is 9.18 Å². The number of hydrogen-bond donors (Lipinski definition) is 1. The molecule has 1 amide bonds. The summed E-state index contributed by atoms with van der Waals surface area (Å²) in [5.74, 6) is -0.601. The van der Waals surface area contributed by atoms with Crippen LogP contribution in [0, 0.1) is 17.1 Å². The van der Waals surface area contributed by atoms with Crippen LogP contribution in [0.4, 0.5) is 10.1 Å². The number of carbonyl (C=O) groups is 1. The second-order valence-electron chi connectivity index (χ2n) is 7.03. The number of nitriles is 1. The van der Waals surface area contributed by atoms with Crippen LogP contribution in [0.3, 0.4) is 0 Å². The van der Waals surface area contributed by atoms with Crippen molar-refractivity contribution < 1.29 is 13.7 Å². The lowest BCUT2D eigenvalue weighted by atomic mass is 10.0. The van der Waals surface area contributed by atoms with E-state index in [2.05, 4.69) is 15.5 Å². The molecular formula is C20H17FN4O2. The standard InChI is InChI=1S/C20H17FN4O2/c1-10(2)18-17-14(8-16(11-3-4-11)24-20(17)27-25-18)19(26)23-13-5-6-15(21)12(7-13)9-22/h5-8,10-11H,3-4H2,1-2H3,(H,23,26). The summed E-state index contributed by atoms with van der Waals surface area (Å²) in [7, 11) is 0. The molecule has 0 atom stereocenters. The van der Waals surface area contributed by atoms with Crippen molar-refractivity contribution in [3.8, 4) is 6.07 Å². The van der Waals surface area contributed by atoms with E-state index >= 15 is 0 Å². The molecule has 0 unspecified atom stereocenters. The van der Waals surface area contributed by atoms with E-state index < -0.39 is 5.82 Å². The maximum atomic E-state index is 13.5. The molecule has 0 spiro atoms. The van der Waals surface area contributed by atoms with Gasteiger partial charge in [0.1, 0.15) is 11.9 Å². The predicted molar refractivity (Wildman–Crippen MR) is 96.9 cm³/mol. The van der Waals surface area contributed by atoms with E-state index in [1.54, 1.807) is 12.1 Å². The van der Waals surface area contributed by atoms with Crippen molar-refractivity contribution in [1.82, 2.24) is 10.1 Å². The van der Waals surface area contributed by atoms with Gasteiger partial charge in [0.25, 0.3) is 11.6 Å². The van der Waals surface area contributed by atoms with Crippen LogP contribution in [0.1, 0.15) is 65.8 Å². The maximum Gasteiger partial charge on any atom is 0.259 e. The number of fused-ring (bicyclic) bond motifs is 1. The second-order valence-corrected chi connectivity index (χ2v) is 7.03. The molecule has 1 saturated carbocycles. The molecule has 1 aromatic carbocycles. The first-order valence-electron chi connectivity index (χ1n) is 8.79. The van der Waals surface area contributed by atoms with Gasteiger partial charge >= 0.3 is 0 Å². The topological polar surface area (TPSA) is 91.8 Å². The molecule has 4 rings (SSSR count). The zero-order valence-corrected chi connectivity index (χ0v) is 14.9. The molecular weight excluding hydrogens is 347 g/mol. The van der Waals surface area contributed by atoms with Gasteiger partial charge in [0.15, 0.2) is 0 Å². The van der Waals surface area contributed by atoms with Crippen molar-refractivity contribution in [3.63, 3.8) is 0 Å². The average molecular weight is 364 g/mol. The summed E-state index contributed by atoms with van der Waals surface area (Å²) in [6, 6.07) is 7.44. The Balaban J connectivity index is 1.78. The van der Waals surface area contributed by atoms with Crippen LogP contribution < -0.4 is 5.32 Å². The summed E-state index contributed by atoms with van der Waals surface area (Å²) in [5, 5.41) is 16.4. The van der Waals surface area contributed by atoms with Gasteiger partial charge in [0, 0.05) is 17.3 Å². The maximum absolute atomic E-state index is 13.5. The van der Waals surface area contributed by atoms with Crippen LogP contribution in [0.5, 0.6) is 0 Å². The third-order valence-corrected chi connectivity index (χ3v) is 4.62. The minimum atomic E-state index is -0.626. The van der Waals surface area contributed by atoms with Gasteiger partial charge in [-0.2, -0.15) is 5.26 Å². The van der Waals surface area contributed by atoms with Crippen molar-refractivity contribution in [2.24, 2.45) is 0 Å². The molecule has 136 valence electrons. The number of nitrogens with one attached hydrogen (secondary N) is 1. The van der Waals surface area contributed by atoms with Crippen LogP contribution in [0.15, 0.2) is 28.8 Å². The highest BCUT2D eigenvalue weighted by Crippen LogP contribution is 2.41. The summed E-state index contributed by atoms with van der Waals surface area (Å²) < 4.78 is 18.9. The summed E-state index contributed by atoms with van der Waals surface area (Å²) in [6.07, 6.45) is 2.07. The molecule has 1 fully saturated rings. The van der Waals surface area contributed by atoms with Gasteiger partial charge in [-0.05, 0) is 43.0 Å². The average Bonchev–Trinajstić information content (AvgIpc) is 3.41.